The van der Waals surface area contributed by atoms with Crippen molar-refractivity contribution in [2.24, 2.45) is 27.1 Å². The Balaban J connectivity index is 0.984. The van der Waals surface area contributed by atoms with Crippen molar-refractivity contribution in [1.82, 2.24) is 48.8 Å². The number of aromatic nitrogens is 7. The zero-order valence-electron chi connectivity index (χ0n) is 36.5. The number of aryl methyl sites for hydroxylation is 3. The molecule has 17 heteroatoms. The maximum Gasteiger partial charge on any atom is 0.350 e. The molecule has 7 aromatic rings. The topological polar surface area (TPSA) is 175 Å². The summed E-state index contributed by atoms with van der Waals surface area (Å²) in [5.74, 6) is 4.89. The molecule has 2 unspecified atom stereocenters. The molecule has 16 nitrogen and oxygen atoms in total. The van der Waals surface area contributed by atoms with Crippen LogP contribution < -0.4 is 27.3 Å². The van der Waals surface area contributed by atoms with E-state index in [0.29, 0.717) is 46.6 Å². The van der Waals surface area contributed by atoms with E-state index in [2.05, 4.69) is 42.9 Å². The molecule has 3 N–H and O–H groups in total. The summed E-state index contributed by atoms with van der Waals surface area (Å²) < 4.78 is 24.2. The maximum absolute atomic E-state index is 17.1. The van der Waals surface area contributed by atoms with E-state index in [-0.39, 0.29) is 52.7 Å². The molecule has 3 amide bonds. The van der Waals surface area contributed by atoms with Crippen molar-refractivity contribution in [3.05, 3.63) is 128 Å². The van der Waals surface area contributed by atoms with Gasteiger partial charge in [-0.25, -0.2) is 23.2 Å². The zero-order valence-corrected chi connectivity index (χ0v) is 36.5. The minimum absolute atomic E-state index is 0.000200. The number of amides is 3. The Morgan fingerprint density at radius 1 is 0.892 bits per heavy atom. The molecule has 2 atom stereocenters. The van der Waals surface area contributed by atoms with Gasteiger partial charge in [0.25, 0.3) is 5.91 Å². The van der Waals surface area contributed by atoms with Crippen molar-refractivity contribution < 1.29 is 18.8 Å². The average molecular weight is 878 g/mol. The highest BCUT2D eigenvalue weighted by Gasteiger charge is 2.31. The van der Waals surface area contributed by atoms with Crippen LogP contribution in [0.15, 0.2) is 88.7 Å². The fourth-order valence-corrected chi connectivity index (χ4v) is 9.05. The fraction of sp³-hybridized carbons (Fsp3) is 0.312. The van der Waals surface area contributed by atoms with E-state index in [1.807, 2.05) is 43.4 Å². The number of carbonyl (C=O) groups is 3. The van der Waals surface area contributed by atoms with E-state index in [4.69, 9.17) is 0 Å². The molecular weight excluding hydrogens is 830 g/mol. The number of anilines is 1. The normalized spacial score (nSPS) is 16.8. The lowest BCUT2D eigenvalue weighted by atomic mass is 9.94. The maximum atomic E-state index is 17.1. The number of hydrogen-bond donors (Lipinski definition) is 3. The third kappa shape index (κ3) is 8.29. The van der Waals surface area contributed by atoms with Crippen LogP contribution in [0, 0.1) is 23.6 Å². The molecule has 9 rings (SSSR count). The lowest BCUT2D eigenvalue weighted by Gasteiger charge is -2.30. The van der Waals surface area contributed by atoms with Crippen LogP contribution in [-0.4, -0.2) is 82.6 Å². The van der Waals surface area contributed by atoms with Crippen molar-refractivity contribution in [3.63, 3.8) is 0 Å². The molecule has 0 bridgehead atoms. The van der Waals surface area contributed by atoms with Crippen LogP contribution in [0.5, 0.6) is 0 Å². The van der Waals surface area contributed by atoms with Crippen LogP contribution in [0.1, 0.15) is 58.9 Å². The quantitative estimate of drug-likeness (QED) is 0.135. The average Bonchev–Trinajstić information content (AvgIpc) is 3.91. The Kier molecular flexibility index (Phi) is 11.6. The van der Waals surface area contributed by atoms with E-state index in [9.17, 15) is 24.0 Å². The van der Waals surface area contributed by atoms with Crippen LogP contribution in [0.2, 0.25) is 0 Å². The number of benzene rings is 4. The fourth-order valence-electron chi connectivity index (χ4n) is 9.05. The van der Waals surface area contributed by atoms with Crippen molar-refractivity contribution in [2.45, 2.75) is 44.7 Å². The number of imide groups is 1. The first-order chi connectivity index (χ1) is 31.4. The van der Waals surface area contributed by atoms with E-state index in [1.54, 1.807) is 62.1 Å². The highest BCUT2D eigenvalue weighted by molar-refractivity contribution is 6.12. The molecule has 2 fully saturated rings. The number of rotatable bonds is 10. The molecule has 3 aromatic heterocycles. The van der Waals surface area contributed by atoms with E-state index in [1.165, 1.54) is 24.8 Å². The summed E-state index contributed by atoms with van der Waals surface area (Å²) in [6.45, 7) is 2.97. The SMILES string of the molecule is CNCc1cccc(NC(=O)c2nn(C)c3ccc(-c4ccc(-n5cnn(C)c5=O)cc4C#CC4CCCN(CCc5ccc6c(c5)n(C)c(=O)n6C5CCC(=O)NC5=O)C4)c(F)c23)c1. The summed E-state index contributed by atoms with van der Waals surface area (Å²) in [6.07, 6.45) is 4.40. The number of halogens is 1. The minimum atomic E-state index is -0.745. The van der Waals surface area contributed by atoms with Gasteiger partial charge in [-0.3, -0.25) is 33.5 Å². The van der Waals surface area contributed by atoms with Gasteiger partial charge in [-0.05, 0) is 98.9 Å². The highest BCUT2D eigenvalue weighted by Crippen LogP contribution is 2.34. The molecule has 4 aromatic carbocycles. The third-order valence-corrected chi connectivity index (χ3v) is 12.4. The predicted molar refractivity (Wildman–Crippen MR) is 244 cm³/mol. The molecule has 0 spiro atoms. The molecule has 2 aliphatic heterocycles. The smallest absolute Gasteiger partial charge is 0.321 e. The Morgan fingerprint density at radius 2 is 1.71 bits per heavy atom. The molecule has 2 saturated heterocycles. The number of fused-ring (bicyclic) bond motifs is 2. The van der Waals surface area contributed by atoms with Crippen LogP contribution in [0.25, 0.3) is 38.8 Å². The lowest BCUT2D eigenvalue weighted by molar-refractivity contribution is -0.135. The van der Waals surface area contributed by atoms with Crippen molar-refractivity contribution in [2.75, 3.05) is 32.0 Å². The number of nitrogens with zero attached hydrogens (tertiary/aromatic N) is 8. The van der Waals surface area contributed by atoms with Crippen molar-refractivity contribution in [1.29, 1.82) is 0 Å². The molecule has 5 heterocycles. The first-order valence-corrected chi connectivity index (χ1v) is 21.6. The number of nitrogens with one attached hydrogen (secondary N) is 3. The second-order valence-corrected chi connectivity index (χ2v) is 16.8. The van der Waals surface area contributed by atoms with E-state index in [0.717, 1.165) is 49.0 Å². The van der Waals surface area contributed by atoms with Gasteiger partial charge in [0, 0.05) is 75.5 Å². The summed E-state index contributed by atoms with van der Waals surface area (Å²) in [4.78, 5) is 66.8. The van der Waals surface area contributed by atoms with Gasteiger partial charge >= 0.3 is 11.4 Å². The van der Waals surface area contributed by atoms with Crippen LogP contribution in [-0.2, 0) is 43.7 Å². The summed E-state index contributed by atoms with van der Waals surface area (Å²) in [6, 6.07) is 21.2. The second-order valence-electron chi connectivity index (χ2n) is 16.8. The number of likely N-dealkylation sites (tertiary alicyclic amines) is 1. The van der Waals surface area contributed by atoms with Gasteiger partial charge in [0.05, 0.1) is 27.6 Å². The molecule has 2 aliphatic rings. The van der Waals surface area contributed by atoms with Crippen LogP contribution >= 0.6 is 0 Å². The number of carbonyl (C=O) groups excluding carboxylic acids is 3. The van der Waals surface area contributed by atoms with Gasteiger partial charge in [-0.1, -0.05) is 36.1 Å². The lowest BCUT2D eigenvalue weighted by Crippen LogP contribution is -2.44. The van der Waals surface area contributed by atoms with E-state index >= 15 is 4.39 Å². The standard InChI is InChI=1S/C48H48FN11O5/c1-50-26-31-7-5-9-33(23-31)52-46(63)44-42-38(56(3)54-44)17-15-36(43(42)49)35-14-13-34(59-28-51-57(4)48(59)65)25-32(35)12-10-30-8-6-21-58(27-30)22-20-29-11-16-37-40(24-29)55(2)47(64)60(37)39-18-19-41(61)53-45(39)62/h5,7,9,11,13-17,23-25,28,30,39,50H,6,8,18-22,26-27H2,1-4H3,(H,52,63)(H,53,61,62). The third-order valence-electron chi connectivity index (χ3n) is 12.4. The first-order valence-electron chi connectivity index (χ1n) is 21.6. The molecule has 0 saturated carbocycles. The number of imidazole rings is 1. The van der Waals surface area contributed by atoms with E-state index < -0.39 is 23.7 Å². The number of piperidine rings is 2. The molecule has 0 radical (unpaired) electrons. The molecular formula is C48H48FN11O5. The largest absolute Gasteiger partial charge is 0.350 e. The van der Waals surface area contributed by atoms with Crippen LogP contribution in [0.4, 0.5) is 10.1 Å². The van der Waals surface area contributed by atoms with Crippen LogP contribution in [0.3, 0.4) is 0 Å². The predicted octanol–water partition coefficient (Wildman–Crippen LogP) is 4.17. The van der Waals surface area contributed by atoms with Gasteiger partial charge in [0.2, 0.25) is 11.8 Å². The highest BCUT2D eigenvalue weighted by atomic mass is 19.1. The monoisotopic (exact) mass is 877 g/mol. The first kappa shape index (κ1) is 42.9. The summed E-state index contributed by atoms with van der Waals surface area (Å²) in [5.41, 5.74) is 5.45. The second kappa shape index (κ2) is 17.6. The summed E-state index contributed by atoms with van der Waals surface area (Å²) in [7, 11) is 6.76. The zero-order chi connectivity index (χ0) is 45.5. The summed E-state index contributed by atoms with van der Waals surface area (Å²) >= 11 is 0. The van der Waals surface area contributed by atoms with Gasteiger partial charge in [-0.15, -0.1) is 0 Å². The minimum Gasteiger partial charge on any atom is -0.321 e. The Hall–Kier alpha value is -7.42. The van der Waals surface area contributed by atoms with Crippen molar-refractivity contribution >= 4 is 45.3 Å². The van der Waals surface area contributed by atoms with Gasteiger partial charge < -0.3 is 15.5 Å². The molecule has 0 aliphatic carbocycles. The molecule has 65 heavy (non-hydrogen) atoms. The van der Waals surface area contributed by atoms with Gasteiger partial charge in [0.1, 0.15) is 18.2 Å². The van der Waals surface area contributed by atoms with Crippen molar-refractivity contribution in [3.8, 4) is 28.7 Å². The van der Waals surface area contributed by atoms with Gasteiger partial charge in [0.15, 0.2) is 5.69 Å². The Labute approximate surface area is 372 Å². The summed E-state index contributed by atoms with van der Waals surface area (Å²) in [5, 5.41) is 17.0. The molecule has 332 valence electrons. The Morgan fingerprint density at radius 3 is 2.49 bits per heavy atom. The number of hydrogen-bond acceptors (Lipinski definition) is 9. The Bertz CT molecular complexity index is 3240. The van der Waals surface area contributed by atoms with Gasteiger partial charge in [-0.2, -0.15) is 10.2 Å².